The van der Waals surface area contributed by atoms with E-state index in [0.29, 0.717) is 25.3 Å². The van der Waals surface area contributed by atoms with E-state index in [1.54, 1.807) is 37.8 Å². The number of anilines is 2. The predicted octanol–water partition coefficient (Wildman–Crippen LogP) is 2.00. The Kier molecular flexibility index (Phi) is 7.14. The van der Waals surface area contributed by atoms with Crippen molar-refractivity contribution in [2.45, 2.75) is 26.2 Å². The van der Waals surface area contributed by atoms with Crippen molar-refractivity contribution in [1.29, 1.82) is 0 Å². The first-order valence-corrected chi connectivity index (χ1v) is 11.3. The molecule has 2 aromatic rings. The highest BCUT2D eigenvalue weighted by molar-refractivity contribution is 5.89. The lowest BCUT2D eigenvalue weighted by molar-refractivity contribution is -0.135. The molecule has 9 heteroatoms. The van der Waals surface area contributed by atoms with Crippen LogP contribution in [0.3, 0.4) is 0 Å². The number of rotatable bonds is 5. The molecule has 4 rings (SSSR count). The van der Waals surface area contributed by atoms with E-state index in [-0.39, 0.29) is 17.8 Å². The zero-order chi connectivity index (χ0) is 22.3. The molecule has 0 saturated carbocycles. The number of hydrogen-bond acceptors (Lipinski definition) is 8. The molecule has 1 atom stereocenters. The maximum atomic E-state index is 13.3. The molecule has 0 aliphatic carbocycles. The third-order valence-electron chi connectivity index (χ3n) is 6.03. The molecule has 9 nitrogen and oxygen atoms in total. The number of nitrogens with zero attached hydrogens (tertiary/aromatic N) is 6. The monoisotopic (exact) mass is 438 g/mol. The molecule has 2 fully saturated rings. The Balaban J connectivity index is 1.34. The average molecular weight is 439 g/mol. The van der Waals surface area contributed by atoms with Gasteiger partial charge in [0.05, 0.1) is 24.3 Å². The lowest BCUT2D eigenvalue weighted by Crippen LogP contribution is -2.46. The van der Waals surface area contributed by atoms with Crippen molar-refractivity contribution in [3.8, 4) is 0 Å². The van der Waals surface area contributed by atoms with E-state index in [4.69, 9.17) is 4.74 Å². The third-order valence-corrected chi connectivity index (χ3v) is 6.03. The molecular formula is C23H30N6O3. The van der Waals surface area contributed by atoms with Gasteiger partial charge in [0, 0.05) is 57.9 Å². The van der Waals surface area contributed by atoms with Crippen molar-refractivity contribution < 1.29 is 14.3 Å². The quantitative estimate of drug-likeness (QED) is 0.655. The van der Waals surface area contributed by atoms with Gasteiger partial charge in [-0.25, -0.2) is 14.8 Å². The fraction of sp³-hybridized carbons (Fsp3) is 0.522. The summed E-state index contributed by atoms with van der Waals surface area (Å²) < 4.78 is 5.02. The van der Waals surface area contributed by atoms with Gasteiger partial charge < -0.3 is 19.4 Å². The van der Waals surface area contributed by atoms with Crippen molar-refractivity contribution in [3.05, 3.63) is 42.5 Å². The van der Waals surface area contributed by atoms with Gasteiger partial charge in [-0.2, -0.15) is 0 Å². The predicted molar refractivity (Wildman–Crippen MR) is 121 cm³/mol. The number of amides is 1. The summed E-state index contributed by atoms with van der Waals surface area (Å²) >= 11 is 0. The summed E-state index contributed by atoms with van der Waals surface area (Å²) in [4.78, 5) is 44.5. The molecule has 0 bridgehead atoms. The molecule has 2 aliphatic rings. The zero-order valence-electron chi connectivity index (χ0n) is 18.5. The van der Waals surface area contributed by atoms with Crippen LogP contribution < -0.4 is 9.80 Å². The number of pyridine rings is 1. The molecule has 2 aromatic heterocycles. The molecule has 170 valence electrons. The van der Waals surface area contributed by atoms with Crippen LogP contribution in [-0.2, 0) is 9.53 Å². The second kappa shape index (κ2) is 10.4. The van der Waals surface area contributed by atoms with Crippen LogP contribution in [0.1, 0.15) is 36.5 Å². The average Bonchev–Trinajstić information content (AvgIpc) is 3.11. The standard InChI is InChI=1S/C23H30N6O3/c1-2-32-23(31)18-6-7-20(26-15-18)27-11-4-12-28(14-13-27)22(30)19-5-3-10-29(17-19)21-16-24-8-9-25-21/h6-9,15-16,19H,2-5,10-14,17H2,1H3. The van der Waals surface area contributed by atoms with E-state index < -0.39 is 0 Å². The number of esters is 1. The fourth-order valence-electron chi connectivity index (χ4n) is 4.37. The molecule has 1 amide bonds. The van der Waals surface area contributed by atoms with Gasteiger partial charge in [0.25, 0.3) is 0 Å². The van der Waals surface area contributed by atoms with E-state index in [0.717, 1.165) is 57.1 Å². The summed E-state index contributed by atoms with van der Waals surface area (Å²) in [5.74, 6) is 1.51. The van der Waals surface area contributed by atoms with Gasteiger partial charge in [-0.15, -0.1) is 0 Å². The summed E-state index contributed by atoms with van der Waals surface area (Å²) in [6, 6.07) is 3.60. The second-order valence-electron chi connectivity index (χ2n) is 8.14. The molecule has 0 aromatic carbocycles. The minimum Gasteiger partial charge on any atom is -0.462 e. The largest absolute Gasteiger partial charge is 0.462 e. The first kappa shape index (κ1) is 22.0. The maximum Gasteiger partial charge on any atom is 0.339 e. The Morgan fingerprint density at radius 3 is 2.59 bits per heavy atom. The first-order valence-electron chi connectivity index (χ1n) is 11.3. The summed E-state index contributed by atoms with van der Waals surface area (Å²) in [6.45, 7) is 6.68. The molecule has 0 spiro atoms. The van der Waals surface area contributed by atoms with Gasteiger partial charge in [0.15, 0.2) is 0 Å². The van der Waals surface area contributed by atoms with Crippen LogP contribution in [0.25, 0.3) is 0 Å². The van der Waals surface area contributed by atoms with Gasteiger partial charge in [0.2, 0.25) is 5.91 Å². The van der Waals surface area contributed by atoms with E-state index in [1.807, 2.05) is 11.0 Å². The maximum absolute atomic E-state index is 13.3. The number of hydrogen-bond donors (Lipinski definition) is 0. The van der Waals surface area contributed by atoms with Gasteiger partial charge in [-0.1, -0.05) is 0 Å². The van der Waals surface area contributed by atoms with Crippen molar-refractivity contribution in [2.24, 2.45) is 5.92 Å². The van der Waals surface area contributed by atoms with Crippen molar-refractivity contribution in [3.63, 3.8) is 0 Å². The van der Waals surface area contributed by atoms with Gasteiger partial charge in [0.1, 0.15) is 11.6 Å². The third kappa shape index (κ3) is 5.15. The van der Waals surface area contributed by atoms with E-state index >= 15 is 0 Å². The first-order chi connectivity index (χ1) is 15.7. The SMILES string of the molecule is CCOC(=O)c1ccc(N2CCCN(C(=O)C3CCCN(c4cnccn4)C3)CC2)nc1. The molecule has 2 aliphatic heterocycles. The highest BCUT2D eigenvalue weighted by atomic mass is 16.5. The lowest BCUT2D eigenvalue weighted by atomic mass is 9.96. The molecule has 4 heterocycles. The van der Waals surface area contributed by atoms with Crippen LogP contribution in [0.5, 0.6) is 0 Å². The smallest absolute Gasteiger partial charge is 0.339 e. The van der Waals surface area contributed by atoms with Crippen LogP contribution in [0.2, 0.25) is 0 Å². The Bertz CT molecular complexity index is 908. The Hall–Kier alpha value is -3.23. The molecule has 0 radical (unpaired) electrons. The summed E-state index contributed by atoms with van der Waals surface area (Å²) in [5, 5.41) is 0. The van der Waals surface area contributed by atoms with Gasteiger partial charge in [-0.3, -0.25) is 9.78 Å². The van der Waals surface area contributed by atoms with E-state index in [9.17, 15) is 9.59 Å². The second-order valence-corrected chi connectivity index (χ2v) is 8.14. The van der Waals surface area contributed by atoms with Crippen LogP contribution in [-0.4, -0.2) is 77.6 Å². The Labute approximate surface area is 188 Å². The van der Waals surface area contributed by atoms with Crippen LogP contribution in [0.4, 0.5) is 11.6 Å². The van der Waals surface area contributed by atoms with Gasteiger partial charge in [-0.05, 0) is 38.3 Å². The molecular weight excluding hydrogens is 408 g/mol. The fourth-order valence-corrected chi connectivity index (χ4v) is 4.37. The minimum atomic E-state index is -0.359. The van der Waals surface area contributed by atoms with Crippen LogP contribution >= 0.6 is 0 Å². The highest BCUT2D eigenvalue weighted by Crippen LogP contribution is 2.23. The van der Waals surface area contributed by atoms with E-state index in [2.05, 4.69) is 24.8 Å². The van der Waals surface area contributed by atoms with Crippen molar-refractivity contribution in [1.82, 2.24) is 19.9 Å². The van der Waals surface area contributed by atoms with E-state index in [1.165, 1.54) is 0 Å². The number of aromatic nitrogens is 3. The van der Waals surface area contributed by atoms with Crippen molar-refractivity contribution >= 4 is 23.5 Å². The summed E-state index contributed by atoms with van der Waals surface area (Å²) in [7, 11) is 0. The highest BCUT2D eigenvalue weighted by Gasteiger charge is 2.31. The molecule has 2 saturated heterocycles. The summed E-state index contributed by atoms with van der Waals surface area (Å²) in [6.07, 6.45) is 9.45. The number of piperidine rings is 1. The van der Waals surface area contributed by atoms with Crippen LogP contribution in [0, 0.1) is 5.92 Å². The number of ether oxygens (including phenoxy) is 1. The zero-order valence-corrected chi connectivity index (χ0v) is 18.5. The van der Waals surface area contributed by atoms with Crippen molar-refractivity contribution in [2.75, 3.05) is 55.7 Å². The lowest BCUT2D eigenvalue weighted by Gasteiger charge is -2.35. The summed E-state index contributed by atoms with van der Waals surface area (Å²) in [5.41, 5.74) is 0.451. The Morgan fingerprint density at radius 1 is 0.969 bits per heavy atom. The normalized spacial score (nSPS) is 19.4. The molecule has 1 unspecified atom stereocenters. The molecule has 0 N–H and O–H groups in total. The topological polar surface area (TPSA) is 91.8 Å². The minimum absolute atomic E-state index is 0.0145. The Morgan fingerprint density at radius 2 is 1.84 bits per heavy atom. The number of carbonyl (C=O) groups excluding carboxylic acids is 2. The van der Waals surface area contributed by atoms with Gasteiger partial charge >= 0.3 is 5.97 Å². The number of carbonyl (C=O) groups is 2. The van der Waals surface area contributed by atoms with Crippen LogP contribution in [0.15, 0.2) is 36.9 Å². The molecule has 32 heavy (non-hydrogen) atoms.